The van der Waals surface area contributed by atoms with Gasteiger partial charge in [0.25, 0.3) is 0 Å². The summed E-state index contributed by atoms with van der Waals surface area (Å²) >= 11 is 21.5. The lowest BCUT2D eigenvalue weighted by molar-refractivity contribution is -0.114. The molecule has 0 aromatic carbocycles. The molecule has 0 saturated carbocycles. The van der Waals surface area contributed by atoms with Gasteiger partial charge in [0.2, 0.25) is 11.6 Å². The van der Waals surface area contributed by atoms with Crippen molar-refractivity contribution >= 4 is 69.5 Å². The van der Waals surface area contributed by atoms with E-state index in [1.54, 1.807) is 6.92 Å². The van der Waals surface area contributed by atoms with Crippen LogP contribution in [0.3, 0.4) is 0 Å². The van der Waals surface area contributed by atoms with Crippen molar-refractivity contribution in [3.05, 3.63) is 43.9 Å². The third kappa shape index (κ3) is 4.14. The molecular weight excluding hydrogens is 362 g/mol. The van der Waals surface area contributed by atoms with E-state index in [9.17, 15) is 19.2 Å². The van der Waals surface area contributed by atoms with Gasteiger partial charge in [-0.15, -0.1) is 0 Å². The number of carbonyl (C=O) groups is 4. The predicted octanol–water partition coefficient (Wildman–Crippen LogP) is 3.16. The van der Waals surface area contributed by atoms with Crippen LogP contribution < -0.4 is 0 Å². The standard InChI is InChI=1S/C7H6O2.C6Cl4O2/c1-5-4-6(8)2-3-7(5)9;7-1-2(8)6(12)4(10)3(9)5(1)11/h2-4H,1H3;. The zero-order chi connectivity index (χ0) is 16.3. The maximum Gasteiger partial charge on any atom is 0.219 e. The molecule has 0 aromatic rings. The second-order valence-electron chi connectivity index (χ2n) is 3.84. The summed E-state index contributed by atoms with van der Waals surface area (Å²) < 4.78 is 0. The highest BCUT2D eigenvalue weighted by Crippen LogP contribution is 2.32. The Labute approximate surface area is 139 Å². The van der Waals surface area contributed by atoms with Crippen molar-refractivity contribution in [3.63, 3.8) is 0 Å². The van der Waals surface area contributed by atoms with Gasteiger partial charge in [-0.25, -0.2) is 0 Å². The fourth-order valence-electron chi connectivity index (χ4n) is 1.21. The molecule has 2 aliphatic carbocycles. The smallest absolute Gasteiger partial charge is 0.219 e. The van der Waals surface area contributed by atoms with Crippen molar-refractivity contribution in [2.75, 3.05) is 0 Å². The largest absolute Gasteiger partial charge is 0.290 e. The van der Waals surface area contributed by atoms with Crippen LogP contribution in [0, 0.1) is 0 Å². The Bertz CT molecular complexity index is 618. The Morgan fingerprint density at radius 2 is 1.10 bits per heavy atom. The van der Waals surface area contributed by atoms with Crippen molar-refractivity contribution < 1.29 is 19.2 Å². The van der Waals surface area contributed by atoms with Crippen molar-refractivity contribution in [2.45, 2.75) is 6.92 Å². The number of hydrogen-bond acceptors (Lipinski definition) is 4. The van der Waals surface area contributed by atoms with Gasteiger partial charge in [0.15, 0.2) is 11.6 Å². The minimum Gasteiger partial charge on any atom is -0.290 e. The molecule has 0 unspecified atom stereocenters. The van der Waals surface area contributed by atoms with Crippen LogP contribution in [0.4, 0.5) is 0 Å². The van der Waals surface area contributed by atoms with Gasteiger partial charge in [0, 0.05) is 5.57 Å². The Hall–Kier alpha value is -1.20. The van der Waals surface area contributed by atoms with E-state index in [2.05, 4.69) is 0 Å². The topological polar surface area (TPSA) is 68.3 Å². The molecule has 8 heteroatoms. The van der Waals surface area contributed by atoms with Crippen molar-refractivity contribution in [1.29, 1.82) is 0 Å². The summed E-state index contributed by atoms with van der Waals surface area (Å²) in [5.41, 5.74) is 0.516. The predicted molar refractivity (Wildman–Crippen MR) is 80.4 cm³/mol. The molecule has 2 rings (SSSR count). The maximum atomic E-state index is 11.0. The van der Waals surface area contributed by atoms with E-state index in [4.69, 9.17) is 46.4 Å². The lowest BCUT2D eigenvalue weighted by atomic mass is 10.1. The van der Waals surface area contributed by atoms with Gasteiger partial charge in [0.05, 0.1) is 0 Å². The second-order valence-corrected chi connectivity index (χ2v) is 5.35. The van der Waals surface area contributed by atoms with Crippen LogP contribution in [0.1, 0.15) is 6.92 Å². The average Bonchev–Trinajstić information content (AvgIpc) is 2.46. The molecule has 0 saturated heterocycles. The Morgan fingerprint density at radius 1 is 0.714 bits per heavy atom. The van der Waals surface area contributed by atoms with E-state index in [-0.39, 0.29) is 11.6 Å². The van der Waals surface area contributed by atoms with E-state index >= 15 is 0 Å². The van der Waals surface area contributed by atoms with Crippen molar-refractivity contribution in [3.8, 4) is 0 Å². The molecule has 0 aromatic heterocycles. The first-order valence-electron chi connectivity index (χ1n) is 5.31. The molecule has 0 aliphatic heterocycles. The Morgan fingerprint density at radius 3 is 1.38 bits per heavy atom. The molecule has 0 fully saturated rings. The second kappa shape index (κ2) is 7.18. The van der Waals surface area contributed by atoms with Gasteiger partial charge in [-0.1, -0.05) is 46.4 Å². The highest BCUT2D eigenvalue weighted by atomic mass is 35.5. The molecule has 0 atom stereocenters. The van der Waals surface area contributed by atoms with Crippen LogP contribution in [0.2, 0.25) is 0 Å². The SMILES string of the molecule is CC1=CC(=O)C=CC1=O.O=C1C(Cl)=C(Cl)C(=O)C(Cl)=C1Cl. The van der Waals surface area contributed by atoms with E-state index in [1.807, 2.05) is 0 Å². The van der Waals surface area contributed by atoms with E-state index < -0.39 is 31.7 Å². The summed E-state index contributed by atoms with van der Waals surface area (Å²) in [6, 6.07) is 0. The molecule has 0 bridgehead atoms. The minimum absolute atomic E-state index is 0.0744. The lowest BCUT2D eigenvalue weighted by Crippen LogP contribution is -2.14. The van der Waals surface area contributed by atoms with Crippen LogP contribution in [0.15, 0.2) is 43.9 Å². The molecule has 21 heavy (non-hydrogen) atoms. The average molecular weight is 368 g/mol. The third-order valence-corrected chi connectivity index (χ3v) is 3.97. The summed E-state index contributed by atoms with van der Waals surface area (Å²) in [5, 5.41) is -1.57. The van der Waals surface area contributed by atoms with Crippen LogP contribution >= 0.6 is 46.4 Å². The van der Waals surface area contributed by atoms with Gasteiger partial charge >= 0.3 is 0 Å². The summed E-state index contributed by atoms with van der Waals surface area (Å²) in [4.78, 5) is 43.1. The highest BCUT2D eigenvalue weighted by molar-refractivity contribution is 6.69. The number of rotatable bonds is 0. The number of halogens is 4. The summed E-state index contributed by atoms with van der Waals surface area (Å²) in [5.74, 6) is -1.64. The zero-order valence-corrected chi connectivity index (χ0v) is 13.4. The number of hydrogen-bond donors (Lipinski definition) is 0. The first-order valence-corrected chi connectivity index (χ1v) is 6.82. The fourth-order valence-corrected chi connectivity index (χ4v) is 2.03. The Kier molecular flexibility index (Phi) is 6.10. The third-order valence-electron chi connectivity index (χ3n) is 2.33. The summed E-state index contributed by atoms with van der Waals surface area (Å²) in [6.07, 6.45) is 3.90. The molecular formula is C13H6Cl4O4. The number of allylic oxidation sites excluding steroid dienone is 8. The van der Waals surface area contributed by atoms with E-state index in [1.165, 1.54) is 18.2 Å². The Balaban J connectivity index is 0.000000219. The monoisotopic (exact) mass is 366 g/mol. The van der Waals surface area contributed by atoms with Crippen LogP contribution in [-0.2, 0) is 19.2 Å². The first kappa shape index (κ1) is 17.9. The highest BCUT2D eigenvalue weighted by Gasteiger charge is 2.31. The van der Waals surface area contributed by atoms with Gasteiger partial charge in [-0.2, -0.15) is 0 Å². The molecule has 4 nitrogen and oxygen atoms in total. The lowest BCUT2D eigenvalue weighted by Gasteiger charge is -2.08. The maximum absolute atomic E-state index is 11.0. The minimum atomic E-state index is -0.729. The van der Waals surface area contributed by atoms with Crippen molar-refractivity contribution in [2.24, 2.45) is 0 Å². The van der Waals surface area contributed by atoms with Crippen LogP contribution in [-0.4, -0.2) is 23.1 Å². The quantitative estimate of drug-likeness (QED) is 0.616. The van der Waals surface area contributed by atoms with Gasteiger partial charge < -0.3 is 0 Å². The molecule has 0 spiro atoms. The zero-order valence-electron chi connectivity index (χ0n) is 10.4. The van der Waals surface area contributed by atoms with Crippen LogP contribution in [0.25, 0.3) is 0 Å². The molecule has 0 radical (unpaired) electrons. The molecule has 2 aliphatic rings. The van der Waals surface area contributed by atoms with Gasteiger partial charge in [-0.3, -0.25) is 19.2 Å². The van der Waals surface area contributed by atoms with E-state index in [0.29, 0.717) is 5.57 Å². The van der Waals surface area contributed by atoms with E-state index in [0.717, 1.165) is 0 Å². The van der Waals surface area contributed by atoms with Gasteiger partial charge in [-0.05, 0) is 25.2 Å². The van der Waals surface area contributed by atoms with Crippen molar-refractivity contribution in [1.82, 2.24) is 0 Å². The van der Waals surface area contributed by atoms with Crippen LogP contribution in [0.5, 0.6) is 0 Å². The molecule has 110 valence electrons. The van der Waals surface area contributed by atoms with Gasteiger partial charge in [0.1, 0.15) is 20.1 Å². The first-order chi connectivity index (χ1) is 9.66. The summed E-state index contributed by atoms with van der Waals surface area (Å²) in [6.45, 7) is 1.63. The summed E-state index contributed by atoms with van der Waals surface area (Å²) in [7, 11) is 0. The molecule has 0 N–H and O–H groups in total. The molecule has 0 heterocycles. The molecule has 0 amide bonds. The number of Topliss-reactive ketones (excluding diaryl/α,β-unsaturated/α-hetero) is 2. The number of ketones is 4. The number of carbonyl (C=O) groups excluding carboxylic acids is 4. The normalized spacial score (nSPS) is 18.8. The fraction of sp³-hybridized carbons (Fsp3) is 0.0769.